The van der Waals surface area contributed by atoms with Crippen molar-refractivity contribution in [3.8, 4) is 5.75 Å². The quantitative estimate of drug-likeness (QED) is 0.905. The highest BCUT2D eigenvalue weighted by Gasteiger charge is 2.49. The van der Waals surface area contributed by atoms with Gasteiger partial charge in [-0.05, 0) is 12.8 Å². The summed E-state index contributed by atoms with van der Waals surface area (Å²) in [4.78, 5) is 3.06. The topological polar surface area (TPSA) is 70.5 Å². The van der Waals surface area contributed by atoms with Crippen LogP contribution in [0.4, 0.5) is 13.2 Å². The maximum Gasteiger partial charge on any atom is 0.405 e. The summed E-state index contributed by atoms with van der Waals surface area (Å²) in [7, 11) is -4.33. The molecule has 1 aromatic heterocycles. The van der Waals surface area contributed by atoms with E-state index in [1.165, 1.54) is 0 Å². The largest absolute Gasteiger partial charge is 0.506 e. The number of sulfonamides is 1. The zero-order chi connectivity index (χ0) is 15.0. The molecule has 2 rings (SSSR count). The molecule has 1 unspecified atom stereocenters. The Morgan fingerprint density at radius 1 is 1.30 bits per heavy atom. The Morgan fingerprint density at radius 2 is 2.00 bits per heavy atom. The molecule has 0 spiro atoms. The molecule has 0 aliphatic carbocycles. The summed E-state index contributed by atoms with van der Waals surface area (Å²) < 4.78 is 63.8. The number of alkyl halides is 3. The van der Waals surface area contributed by atoms with Crippen molar-refractivity contribution in [2.45, 2.75) is 36.4 Å². The summed E-state index contributed by atoms with van der Waals surface area (Å²) in [5.41, 5.74) is 0. The minimum atomic E-state index is -4.61. The highest BCUT2D eigenvalue weighted by Crippen LogP contribution is 2.35. The third kappa shape index (κ3) is 2.88. The zero-order valence-corrected chi connectivity index (χ0v) is 11.2. The third-order valence-electron chi connectivity index (χ3n) is 3.14. The summed E-state index contributed by atoms with van der Waals surface area (Å²) in [5, 5.41) is 9.23. The van der Waals surface area contributed by atoms with Crippen LogP contribution in [0.5, 0.6) is 5.75 Å². The molecule has 0 saturated carbocycles. The lowest BCUT2D eigenvalue weighted by atomic mass is 10.1. The van der Waals surface area contributed by atoms with Gasteiger partial charge in [-0.3, -0.25) is 4.98 Å². The number of nitrogens with zero attached hydrogens (tertiary/aromatic N) is 2. The van der Waals surface area contributed by atoms with E-state index >= 15 is 0 Å². The van der Waals surface area contributed by atoms with Crippen molar-refractivity contribution in [3.05, 3.63) is 18.5 Å². The first-order valence-corrected chi connectivity index (χ1v) is 7.39. The van der Waals surface area contributed by atoms with Gasteiger partial charge in [0.05, 0.1) is 6.20 Å². The van der Waals surface area contributed by atoms with E-state index in [1.54, 1.807) is 0 Å². The molecule has 0 bridgehead atoms. The Balaban J connectivity index is 2.41. The number of rotatable bonds is 2. The summed E-state index contributed by atoms with van der Waals surface area (Å²) in [6.45, 7) is -0.192. The van der Waals surface area contributed by atoms with E-state index < -0.39 is 32.9 Å². The Labute approximate surface area is 114 Å². The Hall–Kier alpha value is -1.35. The highest BCUT2D eigenvalue weighted by atomic mass is 32.2. The molecule has 1 aliphatic heterocycles. The van der Waals surface area contributed by atoms with Gasteiger partial charge >= 0.3 is 6.18 Å². The van der Waals surface area contributed by atoms with Gasteiger partial charge in [-0.2, -0.15) is 17.5 Å². The van der Waals surface area contributed by atoms with Crippen molar-refractivity contribution in [2.24, 2.45) is 0 Å². The van der Waals surface area contributed by atoms with Crippen LogP contribution in [0, 0.1) is 0 Å². The first-order valence-electron chi connectivity index (χ1n) is 5.95. The fourth-order valence-corrected chi connectivity index (χ4v) is 3.87. The number of pyridine rings is 1. The van der Waals surface area contributed by atoms with Crippen LogP contribution < -0.4 is 0 Å². The van der Waals surface area contributed by atoms with Crippen LogP contribution in [0.2, 0.25) is 0 Å². The van der Waals surface area contributed by atoms with Gasteiger partial charge in [-0.25, -0.2) is 8.42 Å². The molecule has 0 amide bonds. The van der Waals surface area contributed by atoms with Crippen molar-refractivity contribution in [2.75, 3.05) is 6.54 Å². The van der Waals surface area contributed by atoms with E-state index in [-0.39, 0.29) is 13.0 Å². The Morgan fingerprint density at radius 3 is 2.60 bits per heavy atom. The molecule has 20 heavy (non-hydrogen) atoms. The number of hydrogen-bond acceptors (Lipinski definition) is 4. The molecular weight excluding hydrogens is 297 g/mol. The summed E-state index contributed by atoms with van der Waals surface area (Å²) in [5.74, 6) is -0.411. The van der Waals surface area contributed by atoms with E-state index in [2.05, 4.69) is 4.98 Å². The summed E-state index contributed by atoms with van der Waals surface area (Å²) in [6.07, 6.45) is -2.23. The molecule has 2 heterocycles. The molecule has 1 aliphatic rings. The number of aromatic nitrogens is 1. The second-order valence-corrected chi connectivity index (χ2v) is 6.44. The molecule has 1 aromatic rings. The van der Waals surface area contributed by atoms with Crippen molar-refractivity contribution in [1.29, 1.82) is 0 Å². The maximum atomic E-state index is 12.9. The van der Waals surface area contributed by atoms with Gasteiger partial charge in [0.15, 0.2) is 0 Å². The lowest BCUT2D eigenvalue weighted by Crippen LogP contribution is -2.51. The van der Waals surface area contributed by atoms with E-state index in [9.17, 15) is 26.7 Å². The van der Waals surface area contributed by atoms with Crippen LogP contribution >= 0.6 is 0 Å². The van der Waals surface area contributed by atoms with Gasteiger partial charge in [-0.15, -0.1) is 0 Å². The fraction of sp³-hybridized carbons (Fsp3) is 0.545. The average Bonchev–Trinajstić information content (AvgIpc) is 2.38. The smallest absolute Gasteiger partial charge is 0.405 e. The average molecular weight is 310 g/mol. The molecular formula is C11H13F3N2O3S. The summed E-state index contributed by atoms with van der Waals surface area (Å²) in [6, 6.07) is -1.13. The molecule has 1 fully saturated rings. The standard InChI is InChI=1S/C11H13F3N2O3S/c12-11(13,14)10-3-1-2-4-16(10)20(18,19)9-5-8(17)6-15-7-9/h5-7,10,17H,1-4H2. The maximum absolute atomic E-state index is 12.9. The van der Waals surface area contributed by atoms with Crippen LogP contribution in [0.25, 0.3) is 0 Å². The fourth-order valence-electron chi connectivity index (χ4n) is 2.20. The van der Waals surface area contributed by atoms with E-state index in [0.717, 1.165) is 18.5 Å². The number of hydrogen-bond donors (Lipinski definition) is 1. The number of aromatic hydroxyl groups is 1. The van der Waals surface area contributed by atoms with Crippen LogP contribution in [0.1, 0.15) is 19.3 Å². The molecule has 1 saturated heterocycles. The Kier molecular flexibility index (Phi) is 3.92. The van der Waals surface area contributed by atoms with Gasteiger partial charge in [0.2, 0.25) is 10.0 Å². The second-order valence-electron chi connectivity index (χ2n) is 4.55. The van der Waals surface area contributed by atoms with Crippen molar-refractivity contribution >= 4 is 10.0 Å². The van der Waals surface area contributed by atoms with Crippen LogP contribution in [-0.2, 0) is 10.0 Å². The first kappa shape index (κ1) is 15.0. The SMILES string of the molecule is O=S(=O)(c1cncc(O)c1)N1CCCCC1C(F)(F)F. The minimum absolute atomic E-state index is 0.192. The Bertz CT molecular complexity index is 589. The molecule has 1 N–H and O–H groups in total. The van der Waals surface area contributed by atoms with Gasteiger partial charge < -0.3 is 5.11 Å². The third-order valence-corrected chi connectivity index (χ3v) is 5.01. The lowest BCUT2D eigenvalue weighted by molar-refractivity contribution is -0.177. The van der Waals surface area contributed by atoms with Gasteiger partial charge in [-0.1, -0.05) is 6.42 Å². The first-order chi connectivity index (χ1) is 9.23. The molecule has 0 radical (unpaired) electrons. The second kappa shape index (κ2) is 5.21. The highest BCUT2D eigenvalue weighted by molar-refractivity contribution is 7.89. The molecule has 5 nitrogen and oxygen atoms in total. The van der Waals surface area contributed by atoms with Gasteiger partial charge in [0, 0.05) is 18.8 Å². The van der Waals surface area contributed by atoms with Crippen LogP contribution in [0.3, 0.4) is 0 Å². The van der Waals surface area contributed by atoms with E-state index in [4.69, 9.17) is 0 Å². The molecule has 112 valence electrons. The zero-order valence-electron chi connectivity index (χ0n) is 10.3. The van der Waals surface area contributed by atoms with E-state index in [0.29, 0.717) is 17.1 Å². The van der Waals surface area contributed by atoms with Crippen molar-refractivity contribution in [3.63, 3.8) is 0 Å². The van der Waals surface area contributed by atoms with Crippen molar-refractivity contribution in [1.82, 2.24) is 9.29 Å². The predicted molar refractivity (Wildman–Crippen MR) is 63.5 cm³/mol. The monoisotopic (exact) mass is 310 g/mol. The minimum Gasteiger partial charge on any atom is -0.506 e. The summed E-state index contributed by atoms with van der Waals surface area (Å²) >= 11 is 0. The van der Waals surface area contributed by atoms with Crippen LogP contribution in [0.15, 0.2) is 23.4 Å². The van der Waals surface area contributed by atoms with Crippen LogP contribution in [-0.4, -0.2) is 41.6 Å². The van der Waals surface area contributed by atoms with E-state index in [1.807, 2.05) is 0 Å². The molecule has 0 aromatic carbocycles. The van der Waals surface area contributed by atoms with Gasteiger partial charge in [0.1, 0.15) is 16.7 Å². The molecule has 9 heteroatoms. The molecule has 1 atom stereocenters. The number of piperidine rings is 1. The lowest BCUT2D eigenvalue weighted by Gasteiger charge is -2.35. The number of halogens is 3. The van der Waals surface area contributed by atoms with Crippen molar-refractivity contribution < 1.29 is 26.7 Å². The normalized spacial score (nSPS) is 21.9. The predicted octanol–water partition coefficient (Wildman–Crippen LogP) is 1.89. The van der Waals surface area contributed by atoms with Gasteiger partial charge in [0.25, 0.3) is 0 Å².